The molecule has 0 radical (unpaired) electrons. The van der Waals surface area contributed by atoms with Crippen molar-refractivity contribution in [2.75, 3.05) is 0 Å². The van der Waals surface area contributed by atoms with E-state index in [2.05, 4.69) is 10.5 Å². The van der Waals surface area contributed by atoms with Crippen LogP contribution in [0.2, 0.25) is 10.0 Å². The molecule has 2 aromatic rings. The van der Waals surface area contributed by atoms with Gasteiger partial charge in [-0.05, 0) is 23.3 Å². The largest absolute Gasteiger partial charge is 0.411 e. The fourth-order valence-corrected chi connectivity index (χ4v) is 3.70. The van der Waals surface area contributed by atoms with Gasteiger partial charge in [0.25, 0.3) is 0 Å². The third-order valence-corrected chi connectivity index (χ3v) is 5.16. The zero-order valence-electron chi connectivity index (χ0n) is 12.7. The number of halogens is 2. The van der Waals surface area contributed by atoms with Crippen molar-refractivity contribution in [3.05, 3.63) is 69.7 Å². The minimum Gasteiger partial charge on any atom is -0.411 e. The van der Waals surface area contributed by atoms with Gasteiger partial charge in [-0.25, -0.2) is 0 Å². The number of nitrogens with zero attached hydrogens (tertiary/aromatic N) is 1. The molecular weight excluding hydrogens is 331 g/mol. The summed E-state index contributed by atoms with van der Waals surface area (Å²) in [4.78, 5) is 0. The summed E-state index contributed by atoms with van der Waals surface area (Å²) < 4.78 is 0. The molecule has 3 rings (SSSR count). The van der Waals surface area contributed by atoms with Gasteiger partial charge in [-0.15, -0.1) is 0 Å². The molecule has 3 nitrogen and oxygen atoms in total. The number of nitrogens with one attached hydrogen (secondary N) is 1. The molecule has 0 saturated carbocycles. The van der Waals surface area contributed by atoms with Crippen molar-refractivity contribution in [1.82, 2.24) is 5.32 Å². The van der Waals surface area contributed by atoms with Crippen LogP contribution in [0.3, 0.4) is 0 Å². The molecule has 0 unspecified atom stereocenters. The van der Waals surface area contributed by atoms with Crippen LogP contribution in [0.15, 0.2) is 53.7 Å². The number of oxime groups is 1. The third-order valence-electron chi connectivity index (χ3n) is 4.47. The van der Waals surface area contributed by atoms with Gasteiger partial charge < -0.3 is 10.5 Å². The van der Waals surface area contributed by atoms with Crippen molar-refractivity contribution < 1.29 is 5.21 Å². The molecule has 1 aliphatic rings. The molecule has 5 heteroatoms. The summed E-state index contributed by atoms with van der Waals surface area (Å²) in [5, 5.41) is 18.0. The lowest BCUT2D eigenvalue weighted by Gasteiger charge is -2.37. The highest BCUT2D eigenvalue weighted by molar-refractivity contribution is 6.31. The van der Waals surface area contributed by atoms with Gasteiger partial charge in [0.2, 0.25) is 0 Å². The molecule has 2 N–H and O–H groups in total. The van der Waals surface area contributed by atoms with Crippen molar-refractivity contribution in [1.29, 1.82) is 0 Å². The maximum Gasteiger partial charge on any atom is 0.0636 e. The molecule has 1 aliphatic heterocycles. The van der Waals surface area contributed by atoms with Crippen molar-refractivity contribution in [3.63, 3.8) is 0 Å². The lowest BCUT2D eigenvalue weighted by Crippen LogP contribution is -2.41. The molecule has 3 atom stereocenters. The molecule has 23 heavy (non-hydrogen) atoms. The molecule has 0 amide bonds. The van der Waals surface area contributed by atoms with E-state index in [1.54, 1.807) is 0 Å². The van der Waals surface area contributed by atoms with Gasteiger partial charge in [-0.2, -0.15) is 0 Å². The van der Waals surface area contributed by atoms with Crippen molar-refractivity contribution >= 4 is 28.9 Å². The topological polar surface area (TPSA) is 44.6 Å². The van der Waals surface area contributed by atoms with Gasteiger partial charge in [0, 0.05) is 34.5 Å². The smallest absolute Gasteiger partial charge is 0.0636 e. The maximum absolute atomic E-state index is 9.42. The zero-order chi connectivity index (χ0) is 16.4. The molecule has 2 aromatic carbocycles. The third kappa shape index (κ3) is 3.23. The van der Waals surface area contributed by atoms with Crippen LogP contribution in [0.25, 0.3) is 0 Å². The van der Waals surface area contributed by atoms with Gasteiger partial charge in [-0.3, -0.25) is 0 Å². The summed E-state index contributed by atoms with van der Waals surface area (Å²) in [5.41, 5.74) is 2.75. The maximum atomic E-state index is 9.42. The highest BCUT2D eigenvalue weighted by Gasteiger charge is 2.35. The van der Waals surface area contributed by atoms with Crippen molar-refractivity contribution in [2.24, 2.45) is 11.1 Å². The Morgan fingerprint density at radius 1 is 1.00 bits per heavy atom. The summed E-state index contributed by atoms with van der Waals surface area (Å²) in [6.07, 6.45) is 0.613. The average Bonchev–Trinajstić information content (AvgIpc) is 2.56. The van der Waals surface area contributed by atoms with E-state index in [4.69, 9.17) is 23.2 Å². The molecule has 0 aliphatic carbocycles. The predicted octanol–water partition coefficient (Wildman–Crippen LogP) is 5.24. The minimum absolute atomic E-state index is 0.0212. The molecule has 1 saturated heterocycles. The monoisotopic (exact) mass is 348 g/mol. The van der Waals surface area contributed by atoms with Crippen LogP contribution >= 0.6 is 23.2 Å². The normalized spacial score (nSPS) is 26.4. The van der Waals surface area contributed by atoms with E-state index in [1.165, 1.54) is 0 Å². The number of hydrogen-bond donors (Lipinski definition) is 2. The fourth-order valence-electron chi connectivity index (χ4n) is 3.18. The Hall–Kier alpha value is -1.55. The van der Waals surface area contributed by atoms with Crippen LogP contribution < -0.4 is 5.32 Å². The summed E-state index contributed by atoms with van der Waals surface area (Å²) in [6, 6.07) is 15.4. The highest BCUT2D eigenvalue weighted by Crippen LogP contribution is 2.39. The zero-order valence-corrected chi connectivity index (χ0v) is 14.2. The quantitative estimate of drug-likeness (QED) is 0.576. The van der Waals surface area contributed by atoms with E-state index in [0.29, 0.717) is 16.5 Å². The first-order valence-electron chi connectivity index (χ1n) is 7.57. The lowest BCUT2D eigenvalue weighted by molar-refractivity contribution is 0.294. The molecule has 0 aromatic heterocycles. The average molecular weight is 349 g/mol. The van der Waals surface area contributed by atoms with Crippen molar-refractivity contribution in [2.45, 2.75) is 25.4 Å². The first-order valence-corrected chi connectivity index (χ1v) is 8.33. The molecular formula is C18H18Cl2N2O. The SMILES string of the molecule is C[C@@H]1/C(=N/O)C[C@@H](c2ccccc2Cl)N[C@H]1c1ccccc1Cl. The standard InChI is InChI=1S/C18H18Cl2N2O/c1-11-16(22-23)10-17(12-6-2-4-8-14(12)19)21-18(11)13-7-3-5-9-15(13)20/h2-9,11,17-18,21,23H,10H2,1H3/b22-16+/t11-,17+,18-/m1/s1. The summed E-state index contributed by atoms with van der Waals surface area (Å²) in [6.45, 7) is 2.04. The van der Waals surface area contributed by atoms with Crippen LogP contribution in [0.4, 0.5) is 0 Å². The Labute approximate surface area is 145 Å². The van der Waals surface area contributed by atoms with Crippen LogP contribution in [0.5, 0.6) is 0 Å². The number of benzene rings is 2. The molecule has 1 fully saturated rings. The lowest BCUT2D eigenvalue weighted by atomic mass is 9.81. The van der Waals surface area contributed by atoms with Gasteiger partial charge in [0.15, 0.2) is 0 Å². The molecule has 0 spiro atoms. The minimum atomic E-state index is -0.0374. The highest BCUT2D eigenvalue weighted by atomic mass is 35.5. The fraction of sp³-hybridized carbons (Fsp3) is 0.278. The van der Waals surface area contributed by atoms with E-state index >= 15 is 0 Å². The van der Waals surface area contributed by atoms with Crippen LogP contribution in [0, 0.1) is 5.92 Å². The van der Waals surface area contributed by atoms with Crippen LogP contribution in [0.1, 0.15) is 36.6 Å². The van der Waals surface area contributed by atoms with E-state index in [1.807, 2.05) is 55.5 Å². The predicted molar refractivity (Wildman–Crippen MR) is 94.5 cm³/mol. The number of rotatable bonds is 2. The van der Waals surface area contributed by atoms with E-state index in [9.17, 15) is 5.21 Å². The van der Waals surface area contributed by atoms with Crippen LogP contribution in [-0.2, 0) is 0 Å². The van der Waals surface area contributed by atoms with Crippen LogP contribution in [-0.4, -0.2) is 10.9 Å². The second-order valence-electron chi connectivity index (χ2n) is 5.82. The summed E-state index contributed by atoms with van der Waals surface area (Å²) >= 11 is 12.7. The second kappa shape index (κ2) is 6.91. The van der Waals surface area contributed by atoms with E-state index in [0.717, 1.165) is 16.8 Å². The second-order valence-corrected chi connectivity index (χ2v) is 6.64. The van der Waals surface area contributed by atoms with E-state index < -0.39 is 0 Å². The van der Waals surface area contributed by atoms with Crippen molar-refractivity contribution in [3.8, 4) is 0 Å². The first-order chi connectivity index (χ1) is 11.1. The van der Waals surface area contributed by atoms with E-state index in [-0.39, 0.29) is 18.0 Å². The summed E-state index contributed by atoms with van der Waals surface area (Å²) in [7, 11) is 0. The Balaban J connectivity index is 2.00. The Morgan fingerprint density at radius 3 is 2.13 bits per heavy atom. The Morgan fingerprint density at radius 2 is 1.57 bits per heavy atom. The Bertz CT molecular complexity index is 732. The first kappa shape index (κ1) is 16.3. The number of hydrogen-bond acceptors (Lipinski definition) is 3. The van der Waals surface area contributed by atoms with Gasteiger partial charge in [0.05, 0.1) is 5.71 Å². The van der Waals surface area contributed by atoms with Gasteiger partial charge in [-0.1, -0.05) is 71.7 Å². The van der Waals surface area contributed by atoms with Gasteiger partial charge in [0.1, 0.15) is 0 Å². The molecule has 120 valence electrons. The van der Waals surface area contributed by atoms with Gasteiger partial charge >= 0.3 is 0 Å². The number of piperidine rings is 1. The molecule has 0 bridgehead atoms. The molecule has 1 heterocycles. The summed E-state index contributed by atoms with van der Waals surface area (Å²) in [5.74, 6) is 0.0404. The Kier molecular flexibility index (Phi) is 4.90.